The molecular formula is C51H82O17P2. The smallest absolute Gasteiger partial charge is 0.462 e. The molecule has 0 heterocycles. The maximum absolute atomic E-state index is 13.0. The zero-order valence-electron chi connectivity index (χ0n) is 41.0. The Morgan fingerprint density at radius 2 is 1.01 bits per heavy atom. The van der Waals surface area contributed by atoms with Gasteiger partial charge in [-0.2, -0.15) is 0 Å². The number of aliphatic hydroxyl groups excluding tert-OH is 5. The zero-order valence-corrected chi connectivity index (χ0v) is 42.8. The van der Waals surface area contributed by atoms with Crippen molar-refractivity contribution in [2.75, 3.05) is 13.2 Å². The molecule has 1 saturated carbocycles. The summed E-state index contributed by atoms with van der Waals surface area (Å²) in [5.41, 5.74) is 0. The second kappa shape index (κ2) is 40.1. The lowest BCUT2D eigenvalue weighted by molar-refractivity contribution is -0.216. The van der Waals surface area contributed by atoms with Crippen LogP contribution in [0.3, 0.4) is 0 Å². The van der Waals surface area contributed by atoms with Gasteiger partial charge in [0.25, 0.3) is 0 Å². The van der Waals surface area contributed by atoms with Crippen LogP contribution in [0.25, 0.3) is 0 Å². The summed E-state index contributed by atoms with van der Waals surface area (Å²) in [6, 6.07) is 0. The van der Waals surface area contributed by atoms with Crippen molar-refractivity contribution in [3.8, 4) is 0 Å². The Labute approximate surface area is 415 Å². The first-order valence-electron chi connectivity index (χ1n) is 24.5. The number of carbonyl (C=O) groups excluding carboxylic acids is 2. The van der Waals surface area contributed by atoms with E-state index in [9.17, 15) is 58.9 Å². The number of rotatable bonds is 39. The summed E-state index contributed by atoms with van der Waals surface area (Å²) in [7, 11) is -10.8. The Balaban J connectivity index is 2.70. The topological polar surface area (TPSA) is 276 Å². The molecule has 0 bridgehead atoms. The standard InChI is InChI=1S/C51H82O17P2/c1-3-5-7-9-11-12-13-14-15-16-17-18-19-20-21-22-26-31-35-39-45(54)66-43(41-65-70(62,63)68-51-48(57)46(55)47(56)50(49(51)58)67-69(59,60)61)40-64-44(53)38-34-30-27-23-25-29-33-37-42(52)36-32-28-24-10-8-6-4-2/h11-12,14-15,17-18,20-21,23-24,26-29,31-33,36,42-43,46-52,55-58H,3-10,13,16,19,22,25,30,34-35,37-41H2,1-2H3,(H,62,63)(H2,59,60,61)/b12-11-,15-14-,18-17-,21-20-,27-23+,28-24-,31-26-,33-29-,36-32-/t42-,43-,46?,47?,48?,49?,50-,51+/m1/s1. The lowest BCUT2D eigenvalue weighted by Gasteiger charge is -2.43. The number of hydrogen-bond acceptors (Lipinski definition) is 14. The molecule has 19 heteroatoms. The zero-order chi connectivity index (χ0) is 51.9. The van der Waals surface area contributed by atoms with Crippen LogP contribution >= 0.6 is 15.6 Å². The molecule has 0 saturated heterocycles. The Kier molecular flexibility index (Phi) is 37.1. The third-order valence-electron chi connectivity index (χ3n) is 10.4. The van der Waals surface area contributed by atoms with Gasteiger partial charge in [-0.1, -0.05) is 149 Å². The Hall–Kier alpha value is -3.38. The monoisotopic (exact) mass is 1030 g/mol. The molecule has 0 aromatic heterocycles. The molecule has 1 aliphatic carbocycles. The van der Waals surface area contributed by atoms with E-state index in [1.165, 1.54) is 32.1 Å². The summed E-state index contributed by atoms with van der Waals surface area (Å²) in [5.74, 6) is -1.42. The van der Waals surface area contributed by atoms with Crippen molar-refractivity contribution < 1.29 is 82.0 Å². The van der Waals surface area contributed by atoms with Gasteiger partial charge in [-0.15, -0.1) is 0 Å². The second-order valence-corrected chi connectivity index (χ2v) is 19.3. The van der Waals surface area contributed by atoms with E-state index >= 15 is 0 Å². The van der Waals surface area contributed by atoms with E-state index < -0.39 is 89.6 Å². The molecule has 398 valence electrons. The van der Waals surface area contributed by atoms with Gasteiger partial charge in [0.1, 0.15) is 43.2 Å². The number of esters is 2. The van der Waals surface area contributed by atoms with Gasteiger partial charge in [0.05, 0.1) is 12.7 Å². The van der Waals surface area contributed by atoms with Crippen LogP contribution in [0, 0.1) is 0 Å². The van der Waals surface area contributed by atoms with Gasteiger partial charge in [0, 0.05) is 12.8 Å². The number of carbonyl (C=O) groups is 2. The lowest BCUT2D eigenvalue weighted by atomic mass is 9.85. The predicted octanol–water partition coefficient (Wildman–Crippen LogP) is 8.70. The van der Waals surface area contributed by atoms with Crippen LogP contribution in [0.5, 0.6) is 0 Å². The number of allylic oxidation sites excluding steroid dienone is 16. The molecule has 0 aromatic carbocycles. The normalized spacial score (nSPS) is 22.4. The van der Waals surface area contributed by atoms with Crippen molar-refractivity contribution in [2.24, 2.45) is 0 Å². The molecule has 5 unspecified atom stereocenters. The van der Waals surface area contributed by atoms with E-state index in [1.807, 2.05) is 54.7 Å². The molecule has 0 radical (unpaired) electrons. The van der Waals surface area contributed by atoms with Crippen LogP contribution in [0.15, 0.2) is 109 Å². The average Bonchev–Trinajstić information content (AvgIpc) is 3.31. The molecular weight excluding hydrogens is 946 g/mol. The number of phosphoric acid groups is 2. The minimum atomic E-state index is -5.39. The van der Waals surface area contributed by atoms with Gasteiger partial charge in [0.2, 0.25) is 0 Å². The third-order valence-corrected chi connectivity index (χ3v) is 11.9. The number of unbranched alkanes of at least 4 members (excludes halogenated alkanes) is 7. The Bertz CT molecular complexity index is 1780. The first-order chi connectivity index (χ1) is 33.5. The van der Waals surface area contributed by atoms with Crippen molar-refractivity contribution in [3.05, 3.63) is 109 Å². The van der Waals surface area contributed by atoms with Crippen LogP contribution in [-0.4, -0.2) is 114 Å². The highest BCUT2D eigenvalue weighted by Gasteiger charge is 2.54. The highest BCUT2D eigenvalue weighted by Crippen LogP contribution is 2.49. The van der Waals surface area contributed by atoms with E-state index in [-0.39, 0.29) is 19.3 Å². The average molecular weight is 1030 g/mol. The molecule has 0 aromatic rings. The third kappa shape index (κ3) is 34.1. The molecule has 0 amide bonds. The van der Waals surface area contributed by atoms with Gasteiger partial charge in [-0.3, -0.25) is 23.2 Å². The fourth-order valence-corrected chi connectivity index (χ4v) is 8.09. The lowest BCUT2D eigenvalue weighted by Crippen LogP contribution is -2.64. The van der Waals surface area contributed by atoms with E-state index in [2.05, 4.69) is 60.9 Å². The molecule has 8 N–H and O–H groups in total. The number of hydrogen-bond donors (Lipinski definition) is 8. The van der Waals surface area contributed by atoms with E-state index in [1.54, 1.807) is 12.2 Å². The molecule has 1 aliphatic rings. The fourth-order valence-electron chi connectivity index (χ4n) is 6.55. The first-order valence-corrected chi connectivity index (χ1v) is 27.6. The largest absolute Gasteiger partial charge is 0.472 e. The van der Waals surface area contributed by atoms with Crippen LogP contribution in [0.4, 0.5) is 0 Å². The van der Waals surface area contributed by atoms with Crippen molar-refractivity contribution in [1.82, 2.24) is 0 Å². The van der Waals surface area contributed by atoms with Crippen molar-refractivity contribution >= 4 is 27.6 Å². The fraction of sp³-hybridized carbons (Fsp3) is 0.608. The maximum Gasteiger partial charge on any atom is 0.472 e. The van der Waals surface area contributed by atoms with E-state index in [0.717, 1.165) is 38.5 Å². The van der Waals surface area contributed by atoms with Crippen molar-refractivity contribution in [3.63, 3.8) is 0 Å². The van der Waals surface area contributed by atoms with Crippen molar-refractivity contribution in [1.29, 1.82) is 0 Å². The molecule has 1 fully saturated rings. The molecule has 9 atom stereocenters. The Morgan fingerprint density at radius 1 is 0.529 bits per heavy atom. The predicted molar refractivity (Wildman–Crippen MR) is 270 cm³/mol. The van der Waals surface area contributed by atoms with Gasteiger partial charge >= 0.3 is 27.6 Å². The number of aliphatic hydroxyl groups is 5. The van der Waals surface area contributed by atoms with Crippen LogP contribution in [0.1, 0.15) is 136 Å². The summed E-state index contributed by atoms with van der Waals surface area (Å²) in [5, 5.41) is 51.4. The SMILES string of the molecule is CCCCC/C=C\C=C/[C@@H](O)C/C=C\C/C=C/CCCC(=O)OC[C@H](COP(=O)(O)O[C@H]1C(O)C(O)C(O)[C@@H](OP(=O)(O)O)C1O)OC(=O)CC/C=C\C/C=C\C/C=C\C/C=C\C/C=C\CCCCC. The van der Waals surface area contributed by atoms with E-state index in [0.29, 0.717) is 32.1 Å². The van der Waals surface area contributed by atoms with Crippen LogP contribution in [-0.2, 0) is 41.8 Å². The number of phosphoric ester groups is 2. The van der Waals surface area contributed by atoms with Gasteiger partial charge in [-0.25, -0.2) is 9.13 Å². The maximum atomic E-state index is 13.0. The number of ether oxygens (including phenoxy) is 2. The minimum absolute atomic E-state index is 0.0113. The van der Waals surface area contributed by atoms with Gasteiger partial charge in [0.15, 0.2) is 6.10 Å². The van der Waals surface area contributed by atoms with Crippen LogP contribution < -0.4 is 0 Å². The first kappa shape index (κ1) is 64.6. The van der Waals surface area contributed by atoms with Crippen LogP contribution in [0.2, 0.25) is 0 Å². The summed E-state index contributed by atoms with van der Waals surface area (Å²) >= 11 is 0. The summed E-state index contributed by atoms with van der Waals surface area (Å²) in [6.07, 6.45) is 35.1. The van der Waals surface area contributed by atoms with E-state index in [4.69, 9.17) is 18.5 Å². The molecule has 0 aliphatic heterocycles. The van der Waals surface area contributed by atoms with Gasteiger partial charge < -0.3 is 49.7 Å². The molecule has 70 heavy (non-hydrogen) atoms. The summed E-state index contributed by atoms with van der Waals surface area (Å²) in [4.78, 5) is 54.3. The second-order valence-electron chi connectivity index (χ2n) is 16.7. The molecule has 1 rings (SSSR count). The summed E-state index contributed by atoms with van der Waals surface area (Å²) in [6.45, 7) is 2.86. The minimum Gasteiger partial charge on any atom is -0.462 e. The molecule has 17 nitrogen and oxygen atoms in total. The highest BCUT2D eigenvalue weighted by molar-refractivity contribution is 7.47. The van der Waals surface area contributed by atoms with Gasteiger partial charge in [-0.05, 0) is 83.5 Å². The quantitative estimate of drug-likeness (QED) is 0.00940. The summed E-state index contributed by atoms with van der Waals surface area (Å²) < 4.78 is 49.2. The Morgan fingerprint density at radius 3 is 1.56 bits per heavy atom. The molecule has 0 spiro atoms. The highest BCUT2D eigenvalue weighted by atomic mass is 31.2. The van der Waals surface area contributed by atoms with Crippen molar-refractivity contribution in [2.45, 2.75) is 185 Å².